The molecule has 1 aromatic rings. The van der Waals surface area contributed by atoms with Crippen LogP contribution in [0, 0.1) is 31.9 Å². The molecule has 0 fully saturated rings. The van der Waals surface area contributed by atoms with Crippen molar-refractivity contribution in [3.05, 3.63) is 27.3 Å². The van der Waals surface area contributed by atoms with Gasteiger partial charge in [-0.05, 0) is 34.7 Å². The first-order valence-electron chi connectivity index (χ1n) is 4.19. The molecule has 0 saturated carbocycles. The van der Waals surface area contributed by atoms with Crippen LogP contribution in [0.3, 0.4) is 0 Å². The topological polar surface area (TPSA) is 98.0 Å². The van der Waals surface area contributed by atoms with Gasteiger partial charge in [0.05, 0.1) is 3.57 Å². The lowest BCUT2D eigenvalue weighted by Gasteiger charge is -2.06. The number of hydrogen-bond donors (Lipinski definition) is 3. The van der Waals surface area contributed by atoms with Gasteiger partial charge in [0, 0.05) is 0 Å². The van der Waals surface area contributed by atoms with Crippen molar-refractivity contribution >= 4 is 39.8 Å². The van der Waals surface area contributed by atoms with E-state index in [-0.39, 0.29) is 9.26 Å². The molecular formula is C9H6F2IN5. The highest BCUT2D eigenvalue weighted by Crippen LogP contribution is 2.24. The number of nitrogens with two attached hydrogens (primary N) is 1. The van der Waals surface area contributed by atoms with Crippen LogP contribution >= 0.6 is 22.6 Å². The zero-order chi connectivity index (χ0) is 13.0. The molecule has 0 unspecified atom stereocenters. The van der Waals surface area contributed by atoms with E-state index in [4.69, 9.17) is 16.4 Å². The minimum absolute atomic E-state index is 0.00723. The van der Waals surface area contributed by atoms with Crippen molar-refractivity contribution in [1.29, 1.82) is 10.7 Å². The molecule has 8 heteroatoms. The number of amidine groups is 1. The SMILES string of the molecule is N#C/C(=N\Nc1c(F)ccc(F)c1I)C(=N)N. The summed E-state index contributed by atoms with van der Waals surface area (Å²) in [5.74, 6) is -1.90. The number of nitrogens with one attached hydrogen (secondary N) is 2. The van der Waals surface area contributed by atoms with Crippen LogP contribution < -0.4 is 11.2 Å². The lowest BCUT2D eigenvalue weighted by Crippen LogP contribution is -2.22. The summed E-state index contributed by atoms with van der Waals surface area (Å²) in [5, 5.41) is 19.0. The van der Waals surface area contributed by atoms with E-state index in [1.54, 1.807) is 28.7 Å². The highest BCUT2D eigenvalue weighted by molar-refractivity contribution is 14.1. The van der Waals surface area contributed by atoms with Crippen molar-refractivity contribution < 1.29 is 8.78 Å². The van der Waals surface area contributed by atoms with Crippen LogP contribution in [-0.2, 0) is 0 Å². The van der Waals surface area contributed by atoms with Crippen molar-refractivity contribution in [2.24, 2.45) is 10.8 Å². The molecule has 0 amide bonds. The second kappa shape index (κ2) is 5.53. The summed E-state index contributed by atoms with van der Waals surface area (Å²) in [5.41, 5.74) is 6.59. The molecule has 5 nitrogen and oxygen atoms in total. The zero-order valence-corrected chi connectivity index (χ0v) is 10.4. The fraction of sp³-hybridized carbons (Fsp3) is 0. The Labute approximate surface area is 109 Å². The molecule has 0 saturated heterocycles. The Morgan fingerprint density at radius 1 is 1.47 bits per heavy atom. The summed E-state index contributed by atoms with van der Waals surface area (Å²) in [6, 6.07) is 3.44. The molecule has 0 heterocycles. The number of benzene rings is 1. The molecule has 4 N–H and O–H groups in total. The molecule has 0 aliphatic rings. The number of hydrazone groups is 1. The van der Waals surface area contributed by atoms with Crippen molar-refractivity contribution in [1.82, 2.24) is 0 Å². The van der Waals surface area contributed by atoms with Crippen molar-refractivity contribution in [2.75, 3.05) is 5.43 Å². The Bertz CT molecular complexity index is 535. The predicted octanol–water partition coefficient (Wildman–Crippen LogP) is 1.80. The van der Waals surface area contributed by atoms with Crippen LogP contribution in [0.25, 0.3) is 0 Å². The van der Waals surface area contributed by atoms with Gasteiger partial charge in [-0.2, -0.15) is 10.4 Å². The summed E-state index contributed by atoms with van der Waals surface area (Å²) in [7, 11) is 0. The quantitative estimate of drug-likeness (QED) is 0.255. The molecule has 88 valence electrons. The van der Waals surface area contributed by atoms with E-state index in [2.05, 4.69) is 10.5 Å². The minimum atomic E-state index is -0.722. The normalized spacial score (nSPS) is 10.8. The summed E-state index contributed by atoms with van der Waals surface area (Å²) in [4.78, 5) is 0. The number of rotatable bonds is 3. The average molecular weight is 349 g/mol. The van der Waals surface area contributed by atoms with Crippen LogP contribution in [0.5, 0.6) is 0 Å². The molecule has 0 bridgehead atoms. The highest BCUT2D eigenvalue weighted by Gasteiger charge is 2.11. The molecule has 0 atom stereocenters. The van der Waals surface area contributed by atoms with Crippen LogP contribution in [0.2, 0.25) is 0 Å². The average Bonchev–Trinajstić information content (AvgIpc) is 2.28. The summed E-state index contributed by atoms with van der Waals surface area (Å²) in [6.45, 7) is 0. The Morgan fingerprint density at radius 2 is 2.06 bits per heavy atom. The van der Waals surface area contributed by atoms with Gasteiger partial charge in [0.15, 0.2) is 5.84 Å². The van der Waals surface area contributed by atoms with E-state index in [1.807, 2.05) is 0 Å². The third-order valence-corrected chi connectivity index (χ3v) is 2.74. The fourth-order valence-electron chi connectivity index (χ4n) is 0.887. The second-order valence-corrected chi connectivity index (χ2v) is 3.89. The third-order valence-electron chi connectivity index (χ3n) is 1.68. The summed E-state index contributed by atoms with van der Waals surface area (Å²) < 4.78 is 26.4. The molecule has 0 radical (unpaired) electrons. The number of halogens is 3. The van der Waals surface area contributed by atoms with Gasteiger partial charge >= 0.3 is 0 Å². The third kappa shape index (κ3) is 3.10. The van der Waals surface area contributed by atoms with E-state index >= 15 is 0 Å². The van der Waals surface area contributed by atoms with E-state index < -0.39 is 23.2 Å². The molecule has 1 aromatic carbocycles. The molecule has 0 aliphatic carbocycles. The molecular weight excluding hydrogens is 343 g/mol. The molecule has 0 aliphatic heterocycles. The van der Waals surface area contributed by atoms with Crippen LogP contribution in [0.1, 0.15) is 0 Å². The summed E-state index contributed by atoms with van der Waals surface area (Å²) >= 11 is 1.59. The van der Waals surface area contributed by atoms with Crippen LogP contribution in [-0.4, -0.2) is 11.5 Å². The predicted molar refractivity (Wildman–Crippen MR) is 67.7 cm³/mol. The maximum atomic E-state index is 13.3. The Kier molecular flexibility index (Phi) is 4.33. The number of nitrogens with zero attached hydrogens (tertiary/aromatic N) is 2. The first-order chi connectivity index (χ1) is 7.97. The molecule has 17 heavy (non-hydrogen) atoms. The van der Waals surface area contributed by atoms with Crippen molar-refractivity contribution in [2.45, 2.75) is 0 Å². The van der Waals surface area contributed by atoms with E-state index in [0.29, 0.717) is 0 Å². The van der Waals surface area contributed by atoms with E-state index in [9.17, 15) is 8.78 Å². The van der Waals surface area contributed by atoms with Gasteiger partial charge in [0.25, 0.3) is 0 Å². The Hall–Kier alpha value is -1.76. The van der Waals surface area contributed by atoms with Crippen LogP contribution in [0.15, 0.2) is 17.2 Å². The lowest BCUT2D eigenvalue weighted by molar-refractivity contribution is 0.596. The van der Waals surface area contributed by atoms with Crippen LogP contribution in [0.4, 0.5) is 14.5 Å². The molecule has 1 rings (SSSR count). The maximum absolute atomic E-state index is 13.3. The van der Waals surface area contributed by atoms with Gasteiger partial charge in [-0.25, -0.2) is 8.78 Å². The highest BCUT2D eigenvalue weighted by atomic mass is 127. The van der Waals surface area contributed by atoms with E-state index in [1.165, 1.54) is 0 Å². The van der Waals surface area contributed by atoms with Gasteiger partial charge in [-0.15, -0.1) is 0 Å². The first-order valence-corrected chi connectivity index (χ1v) is 5.27. The van der Waals surface area contributed by atoms with Gasteiger partial charge in [0.1, 0.15) is 23.4 Å². The summed E-state index contributed by atoms with van der Waals surface area (Å²) in [6.07, 6.45) is 0. The van der Waals surface area contributed by atoms with Gasteiger partial charge < -0.3 is 5.73 Å². The van der Waals surface area contributed by atoms with E-state index in [0.717, 1.165) is 12.1 Å². The molecule has 0 spiro atoms. The monoisotopic (exact) mass is 349 g/mol. The molecule has 0 aromatic heterocycles. The van der Waals surface area contributed by atoms with Crippen molar-refractivity contribution in [3.63, 3.8) is 0 Å². The standard InChI is InChI=1S/C9H6F2IN5/c10-4-1-2-5(11)8(7(4)12)17-16-6(3-13)9(14)15/h1-2,17H,(H3,14,15)/b16-6+. The van der Waals surface area contributed by atoms with Gasteiger partial charge in [-0.3, -0.25) is 10.8 Å². The lowest BCUT2D eigenvalue weighted by atomic mass is 10.3. The maximum Gasteiger partial charge on any atom is 0.201 e. The van der Waals surface area contributed by atoms with Crippen molar-refractivity contribution in [3.8, 4) is 6.07 Å². The second-order valence-electron chi connectivity index (χ2n) is 2.82. The Balaban J connectivity index is 3.09. The minimum Gasteiger partial charge on any atom is -0.382 e. The largest absolute Gasteiger partial charge is 0.382 e. The number of hydrogen-bond acceptors (Lipinski definition) is 4. The zero-order valence-electron chi connectivity index (χ0n) is 8.26. The Morgan fingerprint density at radius 3 is 2.59 bits per heavy atom. The van der Waals surface area contributed by atoms with Gasteiger partial charge in [0.2, 0.25) is 5.71 Å². The fourth-order valence-corrected chi connectivity index (χ4v) is 1.44. The van der Waals surface area contributed by atoms with Gasteiger partial charge in [-0.1, -0.05) is 0 Å². The smallest absolute Gasteiger partial charge is 0.201 e. The number of nitriles is 1. The first kappa shape index (κ1) is 13.3. The number of anilines is 1.